The summed E-state index contributed by atoms with van der Waals surface area (Å²) in [6.07, 6.45) is 0. The summed E-state index contributed by atoms with van der Waals surface area (Å²) < 4.78 is 5.41. The summed E-state index contributed by atoms with van der Waals surface area (Å²) >= 11 is 0. The molecule has 0 unspecified atom stereocenters. The van der Waals surface area contributed by atoms with E-state index in [1.807, 2.05) is 17.0 Å². The zero-order valence-electron chi connectivity index (χ0n) is 11.6. The van der Waals surface area contributed by atoms with Crippen molar-refractivity contribution in [1.29, 1.82) is 0 Å². The van der Waals surface area contributed by atoms with Crippen molar-refractivity contribution >= 4 is 11.6 Å². The average molecular weight is 263 g/mol. The fourth-order valence-electron chi connectivity index (χ4n) is 2.37. The number of aryl methyl sites for hydroxylation is 1. The monoisotopic (exact) mass is 263 g/mol. The zero-order valence-corrected chi connectivity index (χ0v) is 11.6. The number of nitrogens with zero attached hydrogens (tertiary/aromatic N) is 2. The molecule has 0 aliphatic carbocycles. The minimum Gasteiger partial charge on any atom is -0.495 e. The number of nitrogens with two attached hydrogens (primary N) is 1. The summed E-state index contributed by atoms with van der Waals surface area (Å²) in [7, 11) is 1.68. The van der Waals surface area contributed by atoms with E-state index in [-0.39, 0.29) is 12.5 Å². The molecule has 1 aromatic rings. The summed E-state index contributed by atoms with van der Waals surface area (Å²) in [4.78, 5) is 15.6. The lowest BCUT2D eigenvalue weighted by molar-refractivity contribution is -0.129. The maximum absolute atomic E-state index is 11.5. The Bertz CT molecular complexity index is 454. The molecule has 0 bridgehead atoms. The maximum atomic E-state index is 11.5. The first-order chi connectivity index (χ1) is 9.15. The first-order valence-corrected chi connectivity index (χ1v) is 6.53. The van der Waals surface area contributed by atoms with Crippen molar-refractivity contribution in [1.82, 2.24) is 4.90 Å². The van der Waals surface area contributed by atoms with Crippen LogP contribution in [0.1, 0.15) is 5.56 Å². The van der Waals surface area contributed by atoms with Crippen molar-refractivity contribution in [3.63, 3.8) is 0 Å². The topological polar surface area (TPSA) is 58.8 Å². The third kappa shape index (κ3) is 2.98. The van der Waals surface area contributed by atoms with Crippen molar-refractivity contribution in [2.45, 2.75) is 6.92 Å². The zero-order chi connectivity index (χ0) is 13.8. The van der Waals surface area contributed by atoms with Gasteiger partial charge >= 0.3 is 0 Å². The first kappa shape index (κ1) is 13.7. The summed E-state index contributed by atoms with van der Waals surface area (Å²) in [6.45, 7) is 5.21. The molecule has 1 aliphatic heterocycles. The fourth-order valence-corrected chi connectivity index (χ4v) is 2.37. The van der Waals surface area contributed by atoms with Crippen molar-refractivity contribution in [3.05, 3.63) is 23.8 Å². The maximum Gasteiger partial charge on any atom is 0.236 e. The number of amides is 1. The normalized spacial score (nSPS) is 15.5. The van der Waals surface area contributed by atoms with Gasteiger partial charge in [-0.1, -0.05) is 6.07 Å². The first-order valence-electron chi connectivity index (χ1n) is 6.53. The van der Waals surface area contributed by atoms with Gasteiger partial charge in [0.05, 0.1) is 19.3 Å². The fraction of sp³-hybridized carbons (Fsp3) is 0.500. The van der Waals surface area contributed by atoms with Crippen LogP contribution in [0.2, 0.25) is 0 Å². The van der Waals surface area contributed by atoms with Gasteiger partial charge in [0.1, 0.15) is 5.75 Å². The van der Waals surface area contributed by atoms with E-state index in [9.17, 15) is 4.79 Å². The number of rotatable bonds is 3. The molecule has 0 atom stereocenters. The van der Waals surface area contributed by atoms with Crippen LogP contribution in [-0.4, -0.2) is 50.6 Å². The number of hydrogen-bond acceptors (Lipinski definition) is 4. The van der Waals surface area contributed by atoms with E-state index in [1.54, 1.807) is 7.11 Å². The largest absolute Gasteiger partial charge is 0.495 e. The van der Waals surface area contributed by atoms with Crippen molar-refractivity contribution in [2.75, 3.05) is 44.7 Å². The molecule has 1 heterocycles. The Morgan fingerprint density at radius 2 is 2.00 bits per heavy atom. The molecule has 0 radical (unpaired) electrons. The van der Waals surface area contributed by atoms with Crippen molar-refractivity contribution in [3.8, 4) is 5.75 Å². The second kappa shape index (κ2) is 5.93. The molecule has 0 spiro atoms. The van der Waals surface area contributed by atoms with Gasteiger partial charge in [-0.15, -0.1) is 0 Å². The number of piperazine rings is 1. The van der Waals surface area contributed by atoms with E-state index in [2.05, 4.69) is 17.9 Å². The van der Waals surface area contributed by atoms with Crippen LogP contribution in [-0.2, 0) is 4.79 Å². The number of carbonyl (C=O) groups excluding carboxylic acids is 1. The number of ether oxygens (including phenoxy) is 1. The summed E-state index contributed by atoms with van der Waals surface area (Å²) in [5.41, 5.74) is 7.69. The Balaban J connectivity index is 2.09. The molecule has 1 aliphatic rings. The molecule has 1 fully saturated rings. The smallest absolute Gasteiger partial charge is 0.236 e. The molecule has 1 saturated heterocycles. The molecule has 0 saturated carbocycles. The second-order valence-electron chi connectivity index (χ2n) is 4.75. The van der Waals surface area contributed by atoms with Gasteiger partial charge in [-0.2, -0.15) is 0 Å². The summed E-state index contributed by atoms with van der Waals surface area (Å²) in [5, 5.41) is 0. The number of methoxy groups -OCH3 is 1. The highest BCUT2D eigenvalue weighted by atomic mass is 16.5. The van der Waals surface area contributed by atoms with Crippen LogP contribution in [0.25, 0.3) is 0 Å². The molecule has 1 amide bonds. The van der Waals surface area contributed by atoms with Crippen LogP contribution >= 0.6 is 0 Å². The van der Waals surface area contributed by atoms with E-state index in [1.165, 1.54) is 5.56 Å². The third-order valence-electron chi connectivity index (χ3n) is 3.48. The average Bonchev–Trinajstić information content (AvgIpc) is 2.46. The van der Waals surface area contributed by atoms with Gasteiger partial charge in [0.25, 0.3) is 0 Å². The van der Waals surface area contributed by atoms with Crippen LogP contribution in [0.4, 0.5) is 5.69 Å². The molecule has 104 valence electrons. The lowest BCUT2D eigenvalue weighted by Gasteiger charge is -2.36. The van der Waals surface area contributed by atoms with Crippen LogP contribution in [0.15, 0.2) is 18.2 Å². The molecular formula is C14H21N3O2. The predicted octanol–water partition coefficient (Wildman–Crippen LogP) is 0.611. The van der Waals surface area contributed by atoms with E-state index >= 15 is 0 Å². The van der Waals surface area contributed by atoms with E-state index < -0.39 is 0 Å². The van der Waals surface area contributed by atoms with E-state index in [0.717, 1.165) is 24.5 Å². The van der Waals surface area contributed by atoms with Gasteiger partial charge in [0.2, 0.25) is 5.91 Å². The number of anilines is 1. The predicted molar refractivity (Wildman–Crippen MR) is 75.6 cm³/mol. The number of carbonyl (C=O) groups is 1. The van der Waals surface area contributed by atoms with E-state index in [0.29, 0.717) is 13.1 Å². The molecule has 2 rings (SSSR count). The Hall–Kier alpha value is -1.75. The van der Waals surface area contributed by atoms with Gasteiger partial charge in [-0.3, -0.25) is 4.79 Å². The summed E-state index contributed by atoms with van der Waals surface area (Å²) in [6, 6.07) is 6.15. The minimum absolute atomic E-state index is 0.0239. The highest BCUT2D eigenvalue weighted by Gasteiger charge is 2.22. The highest BCUT2D eigenvalue weighted by molar-refractivity contribution is 5.78. The van der Waals surface area contributed by atoms with Crippen LogP contribution in [0.5, 0.6) is 5.75 Å². The minimum atomic E-state index is 0.0239. The SMILES string of the molecule is COc1ccc(C)cc1N1CCN(C(=O)CN)CC1. The van der Waals surface area contributed by atoms with Gasteiger partial charge in [0.15, 0.2) is 0 Å². The van der Waals surface area contributed by atoms with Crippen LogP contribution < -0.4 is 15.4 Å². The Labute approximate surface area is 113 Å². The number of benzene rings is 1. The van der Waals surface area contributed by atoms with E-state index in [4.69, 9.17) is 10.5 Å². The standard InChI is InChI=1S/C14H21N3O2/c1-11-3-4-13(19-2)12(9-11)16-5-7-17(8-6-16)14(18)10-15/h3-4,9H,5-8,10,15H2,1-2H3. The molecule has 5 nitrogen and oxygen atoms in total. The molecular weight excluding hydrogens is 242 g/mol. The Morgan fingerprint density at radius 3 is 2.58 bits per heavy atom. The Kier molecular flexibility index (Phi) is 4.27. The quantitative estimate of drug-likeness (QED) is 0.868. The molecule has 19 heavy (non-hydrogen) atoms. The summed E-state index contributed by atoms with van der Waals surface area (Å²) in [5.74, 6) is 0.903. The molecule has 2 N–H and O–H groups in total. The van der Waals surface area contributed by atoms with Crippen molar-refractivity contribution in [2.24, 2.45) is 5.73 Å². The second-order valence-corrected chi connectivity index (χ2v) is 4.75. The van der Waals surface area contributed by atoms with Crippen LogP contribution in [0.3, 0.4) is 0 Å². The highest BCUT2D eigenvalue weighted by Crippen LogP contribution is 2.29. The van der Waals surface area contributed by atoms with Crippen molar-refractivity contribution < 1.29 is 9.53 Å². The lowest BCUT2D eigenvalue weighted by atomic mass is 10.1. The van der Waals surface area contributed by atoms with Gasteiger partial charge in [-0.25, -0.2) is 0 Å². The molecule has 1 aromatic carbocycles. The van der Waals surface area contributed by atoms with Crippen LogP contribution in [0, 0.1) is 6.92 Å². The molecule has 0 aromatic heterocycles. The Morgan fingerprint density at radius 1 is 1.32 bits per heavy atom. The van der Waals surface area contributed by atoms with Gasteiger partial charge in [-0.05, 0) is 24.6 Å². The molecule has 5 heteroatoms. The number of hydrogen-bond donors (Lipinski definition) is 1. The van der Waals surface area contributed by atoms with Gasteiger partial charge < -0.3 is 20.3 Å². The van der Waals surface area contributed by atoms with Gasteiger partial charge in [0, 0.05) is 26.2 Å². The lowest BCUT2D eigenvalue weighted by Crippen LogP contribution is -2.50. The third-order valence-corrected chi connectivity index (χ3v) is 3.48.